The molecule has 0 bridgehead atoms. The highest BCUT2D eigenvalue weighted by Crippen LogP contribution is 2.41. The van der Waals surface area contributed by atoms with E-state index in [0.717, 1.165) is 20.9 Å². The predicted octanol–water partition coefficient (Wildman–Crippen LogP) is 4.87. The van der Waals surface area contributed by atoms with E-state index in [4.69, 9.17) is 14.2 Å². The minimum atomic E-state index is -0.854. The number of carbonyl (C=O) groups excluding carboxylic acids is 5. The number of hydrogen-bond donors (Lipinski definition) is 2. The second kappa shape index (κ2) is 15.1. The molecule has 0 spiro atoms. The van der Waals surface area contributed by atoms with Gasteiger partial charge in [-0.05, 0) is 44.0 Å². The van der Waals surface area contributed by atoms with Gasteiger partial charge in [0.15, 0.2) is 6.10 Å². The number of thioether (sulfide) groups is 1. The molecule has 13 heteroatoms. The van der Waals surface area contributed by atoms with Crippen molar-refractivity contribution in [3.05, 3.63) is 105 Å². The lowest BCUT2D eigenvalue weighted by Crippen LogP contribution is -2.70. The molecule has 0 unspecified atom stereocenters. The molecule has 5 rings (SSSR count). The molecule has 1 aromatic heterocycles. The Bertz CT molecular complexity index is 1660. The summed E-state index contributed by atoms with van der Waals surface area (Å²) >= 11 is 2.74. The van der Waals surface area contributed by atoms with Gasteiger partial charge >= 0.3 is 18.0 Å². The number of benzene rings is 2. The molecular formula is C35H37N3O8S2. The normalized spacial score (nSPS) is 17.3. The number of ether oxygens (including phenoxy) is 3. The molecule has 0 radical (unpaired) electrons. The van der Waals surface area contributed by atoms with Crippen molar-refractivity contribution < 1.29 is 38.2 Å². The van der Waals surface area contributed by atoms with Crippen LogP contribution in [0.4, 0.5) is 4.79 Å². The maximum atomic E-state index is 13.9. The van der Waals surface area contributed by atoms with Crippen LogP contribution in [-0.2, 0) is 46.4 Å². The standard InChI is InChI=1S/C35H37N3O8S2/c1-21(39)44-19-24-20-47-32-28(37-27(40)17-25-15-16-26(48-25)18-36-34(43)46-35(2,3)4)31(41)38(32)29(24)33(42)45-30(22-11-7-5-8-12-22)23-13-9-6-10-14-23/h5-16,28,30,32H,17-20H2,1-4H3,(H,36,43)(H,37,40)/t28-,32-/m1/s1. The zero-order chi connectivity index (χ0) is 34.4. The summed E-state index contributed by atoms with van der Waals surface area (Å²) in [4.78, 5) is 67.1. The summed E-state index contributed by atoms with van der Waals surface area (Å²) in [7, 11) is 0. The lowest BCUT2D eigenvalue weighted by Gasteiger charge is -2.49. The molecule has 1 saturated heterocycles. The maximum Gasteiger partial charge on any atom is 0.407 e. The number of β-lactam (4-membered cyclic amide) rings is 1. The minimum absolute atomic E-state index is 0.0211. The SMILES string of the molecule is CC(=O)OCC1=C(C(=O)OC(c2ccccc2)c2ccccc2)N2C(=O)[C@@H](NC(=O)Cc3ccc(CNC(=O)OC(C)(C)C)s3)[C@H]2SC1. The van der Waals surface area contributed by atoms with Crippen molar-refractivity contribution >= 4 is 52.9 Å². The van der Waals surface area contributed by atoms with Gasteiger partial charge in [-0.3, -0.25) is 19.3 Å². The van der Waals surface area contributed by atoms with E-state index in [0.29, 0.717) is 11.3 Å². The summed E-state index contributed by atoms with van der Waals surface area (Å²) < 4.78 is 16.6. The van der Waals surface area contributed by atoms with Gasteiger partial charge in [0, 0.05) is 28.0 Å². The highest BCUT2D eigenvalue weighted by molar-refractivity contribution is 8.00. The number of rotatable bonds is 11. The van der Waals surface area contributed by atoms with E-state index < -0.39 is 47.1 Å². The molecule has 48 heavy (non-hydrogen) atoms. The van der Waals surface area contributed by atoms with Gasteiger partial charge in [-0.25, -0.2) is 9.59 Å². The molecule has 11 nitrogen and oxygen atoms in total. The summed E-state index contributed by atoms with van der Waals surface area (Å²) in [5.74, 6) is -1.78. The largest absolute Gasteiger partial charge is 0.461 e. The molecule has 0 saturated carbocycles. The van der Waals surface area contributed by atoms with Crippen molar-refractivity contribution in [2.45, 2.75) is 63.8 Å². The number of amides is 3. The first-order valence-electron chi connectivity index (χ1n) is 15.3. The van der Waals surface area contributed by atoms with Crippen molar-refractivity contribution in [3.8, 4) is 0 Å². The molecule has 0 aliphatic carbocycles. The molecule has 1 fully saturated rings. The van der Waals surface area contributed by atoms with E-state index >= 15 is 0 Å². The first kappa shape index (κ1) is 34.7. The fourth-order valence-electron chi connectivity index (χ4n) is 5.19. The average molecular weight is 692 g/mol. The quantitative estimate of drug-likeness (QED) is 0.164. The molecule has 3 heterocycles. The number of nitrogens with zero attached hydrogens (tertiary/aromatic N) is 1. The van der Waals surface area contributed by atoms with E-state index in [9.17, 15) is 24.0 Å². The summed E-state index contributed by atoms with van der Waals surface area (Å²) in [6.45, 7) is 6.70. The molecule has 2 atom stereocenters. The van der Waals surface area contributed by atoms with Crippen molar-refractivity contribution in [2.24, 2.45) is 0 Å². The molecule has 3 aromatic rings. The van der Waals surface area contributed by atoms with E-state index in [1.807, 2.05) is 66.7 Å². The van der Waals surface area contributed by atoms with Crippen LogP contribution in [0.1, 0.15) is 54.7 Å². The lowest BCUT2D eigenvalue weighted by molar-refractivity contribution is -0.155. The van der Waals surface area contributed by atoms with Crippen molar-refractivity contribution in [3.63, 3.8) is 0 Å². The first-order chi connectivity index (χ1) is 22.9. The van der Waals surface area contributed by atoms with Crippen molar-refractivity contribution in [1.29, 1.82) is 0 Å². The molecule has 2 aromatic carbocycles. The van der Waals surface area contributed by atoms with Crippen LogP contribution in [0.15, 0.2) is 84.1 Å². The maximum absolute atomic E-state index is 13.9. The topological polar surface area (TPSA) is 140 Å². The first-order valence-corrected chi connectivity index (χ1v) is 17.2. The smallest absolute Gasteiger partial charge is 0.407 e. The second-order valence-electron chi connectivity index (χ2n) is 12.2. The number of fused-ring (bicyclic) bond motifs is 1. The third-order valence-corrected chi connectivity index (χ3v) is 9.72. The van der Waals surface area contributed by atoms with Crippen molar-refractivity contribution in [1.82, 2.24) is 15.5 Å². The van der Waals surface area contributed by atoms with Gasteiger partial charge in [-0.1, -0.05) is 60.7 Å². The van der Waals surface area contributed by atoms with E-state index in [-0.39, 0.29) is 31.2 Å². The number of carbonyl (C=O) groups is 5. The van der Waals surface area contributed by atoms with Crippen LogP contribution >= 0.6 is 23.1 Å². The van der Waals surface area contributed by atoms with Crippen LogP contribution in [0.25, 0.3) is 0 Å². The Morgan fingerprint density at radius 2 is 1.56 bits per heavy atom. The van der Waals surface area contributed by atoms with Gasteiger partial charge < -0.3 is 24.8 Å². The average Bonchev–Trinajstić information content (AvgIpc) is 3.50. The van der Waals surface area contributed by atoms with Crippen LogP contribution in [0, 0.1) is 0 Å². The summed E-state index contributed by atoms with van der Waals surface area (Å²) in [5, 5.41) is 4.97. The van der Waals surface area contributed by atoms with Gasteiger partial charge in [0.1, 0.15) is 29.3 Å². The van der Waals surface area contributed by atoms with Crippen LogP contribution in [0.3, 0.4) is 0 Å². The third-order valence-electron chi connectivity index (χ3n) is 7.29. The molecule has 2 aliphatic rings. The molecule has 3 amide bonds. The van der Waals surface area contributed by atoms with Gasteiger partial charge in [-0.15, -0.1) is 23.1 Å². The van der Waals surface area contributed by atoms with Gasteiger partial charge in [0.25, 0.3) is 5.91 Å². The second-order valence-corrected chi connectivity index (χ2v) is 14.6. The Balaban J connectivity index is 1.27. The zero-order valence-corrected chi connectivity index (χ0v) is 28.7. The highest BCUT2D eigenvalue weighted by atomic mass is 32.2. The molecule has 2 N–H and O–H groups in total. The molecule has 2 aliphatic heterocycles. The highest BCUT2D eigenvalue weighted by Gasteiger charge is 2.54. The Kier molecular flexibility index (Phi) is 10.9. The molecule has 252 valence electrons. The van der Waals surface area contributed by atoms with Crippen LogP contribution in [0.5, 0.6) is 0 Å². The van der Waals surface area contributed by atoms with Crippen LogP contribution in [-0.4, -0.2) is 64.1 Å². The Hall–Kier alpha value is -4.62. The van der Waals surface area contributed by atoms with Gasteiger partial charge in [-0.2, -0.15) is 0 Å². The third kappa shape index (κ3) is 8.64. The Morgan fingerprint density at radius 3 is 2.17 bits per heavy atom. The van der Waals surface area contributed by atoms with E-state index in [2.05, 4.69) is 10.6 Å². The number of alkyl carbamates (subject to hydrolysis) is 1. The van der Waals surface area contributed by atoms with Crippen LogP contribution < -0.4 is 10.6 Å². The fourth-order valence-corrected chi connectivity index (χ4v) is 7.47. The predicted molar refractivity (Wildman–Crippen MR) is 181 cm³/mol. The number of nitrogens with one attached hydrogen (secondary N) is 2. The van der Waals surface area contributed by atoms with Crippen molar-refractivity contribution in [2.75, 3.05) is 12.4 Å². The van der Waals surface area contributed by atoms with Gasteiger partial charge in [0.2, 0.25) is 5.91 Å². The number of esters is 2. The Morgan fingerprint density at radius 1 is 0.938 bits per heavy atom. The Labute approximate surface area is 287 Å². The minimum Gasteiger partial charge on any atom is -0.461 e. The summed E-state index contributed by atoms with van der Waals surface area (Å²) in [5.41, 5.74) is 1.35. The summed E-state index contributed by atoms with van der Waals surface area (Å²) in [6, 6.07) is 21.3. The molecular weight excluding hydrogens is 655 g/mol. The zero-order valence-electron chi connectivity index (χ0n) is 27.0. The number of thiophene rings is 1. The fraction of sp³-hybridized carbons (Fsp3) is 0.343. The number of hydrogen-bond acceptors (Lipinski definition) is 10. The van der Waals surface area contributed by atoms with Gasteiger partial charge in [0.05, 0.1) is 13.0 Å². The lowest BCUT2D eigenvalue weighted by atomic mass is 10.0. The summed E-state index contributed by atoms with van der Waals surface area (Å²) in [6.07, 6.45) is -1.24. The monoisotopic (exact) mass is 691 g/mol. The van der Waals surface area contributed by atoms with Crippen LogP contribution in [0.2, 0.25) is 0 Å². The van der Waals surface area contributed by atoms with E-state index in [1.54, 1.807) is 26.8 Å². The van der Waals surface area contributed by atoms with E-state index in [1.165, 1.54) is 34.9 Å².